The molecule has 2 rings (SSSR count). The Hall–Kier alpha value is -2.00. The highest BCUT2D eigenvalue weighted by molar-refractivity contribution is 5.94. The predicted octanol–water partition coefficient (Wildman–Crippen LogP) is 2.03. The van der Waals surface area contributed by atoms with E-state index in [2.05, 4.69) is 4.74 Å². The third kappa shape index (κ3) is 5.77. The van der Waals surface area contributed by atoms with E-state index in [1.165, 1.54) is 12.1 Å². The number of alkyl halides is 3. The van der Waals surface area contributed by atoms with Crippen LogP contribution in [0.15, 0.2) is 24.3 Å². The monoisotopic (exact) mass is 395 g/mol. The highest BCUT2D eigenvalue weighted by atomic mass is 35.5. The molecule has 1 aromatic carbocycles. The highest BCUT2D eigenvalue weighted by Gasteiger charge is 2.31. The van der Waals surface area contributed by atoms with Crippen LogP contribution in [0.4, 0.5) is 13.2 Å². The Bertz CT molecular complexity index is 617. The third-order valence-electron chi connectivity index (χ3n) is 3.97. The summed E-state index contributed by atoms with van der Waals surface area (Å²) in [7, 11) is 0. The molecule has 0 saturated carbocycles. The van der Waals surface area contributed by atoms with Gasteiger partial charge >= 0.3 is 6.36 Å². The normalized spacial score (nSPS) is 15.9. The van der Waals surface area contributed by atoms with E-state index in [9.17, 15) is 22.8 Å². The van der Waals surface area contributed by atoms with Gasteiger partial charge in [0.05, 0.1) is 6.04 Å². The third-order valence-corrected chi connectivity index (χ3v) is 3.97. The van der Waals surface area contributed by atoms with Crippen LogP contribution in [0.3, 0.4) is 0 Å². The zero-order valence-electron chi connectivity index (χ0n) is 14.2. The Labute approximate surface area is 155 Å². The van der Waals surface area contributed by atoms with E-state index in [-0.39, 0.29) is 35.5 Å². The minimum absolute atomic E-state index is 0. The van der Waals surface area contributed by atoms with Crippen molar-refractivity contribution in [2.45, 2.75) is 25.7 Å². The lowest BCUT2D eigenvalue weighted by atomic mass is 10.1. The first-order valence-electron chi connectivity index (χ1n) is 7.90. The molecule has 0 spiro atoms. The van der Waals surface area contributed by atoms with E-state index in [1.807, 2.05) is 6.92 Å². The van der Waals surface area contributed by atoms with Crippen molar-refractivity contribution in [3.05, 3.63) is 29.8 Å². The molecule has 10 heteroatoms. The van der Waals surface area contributed by atoms with Gasteiger partial charge in [0.1, 0.15) is 5.75 Å². The van der Waals surface area contributed by atoms with Gasteiger partial charge in [-0.3, -0.25) is 9.59 Å². The molecule has 1 saturated heterocycles. The quantitative estimate of drug-likeness (QED) is 0.846. The van der Waals surface area contributed by atoms with Gasteiger partial charge in [-0.25, -0.2) is 0 Å². The maximum Gasteiger partial charge on any atom is 0.573 e. The molecule has 1 fully saturated rings. The fraction of sp³-hybridized carbons (Fsp3) is 0.500. The number of rotatable bonds is 4. The Morgan fingerprint density at radius 1 is 1.12 bits per heavy atom. The van der Waals surface area contributed by atoms with Crippen LogP contribution in [-0.4, -0.2) is 60.2 Å². The van der Waals surface area contributed by atoms with Crippen molar-refractivity contribution in [3.63, 3.8) is 0 Å². The molecular weight excluding hydrogens is 375 g/mol. The van der Waals surface area contributed by atoms with Gasteiger partial charge in [-0.05, 0) is 30.7 Å². The van der Waals surface area contributed by atoms with Crippen molar-refractivity contribution in [2.24, 2.45) is 5.73 Å². The SMILES string of the molecule is CC[C@H](N)C(=O)N1CCN(C(=O)c2ccc(OC(F)(F)F)cc2)CC1.Cl. The largest absolute Gasteiger partial charge is 0.573 e. The van der Waals surface area contributed by atoms with Crippen LogP contribution in [0.25, 0.3) is 0 Å². The van der Waals surface area contributed by atoms with Crippen LogP contribution in [0.2, 0.25) is 0 Å². The Kier molecular flexibility index (Phi) is 7.70. The standard InChI is InChI=1S/C16H20F3N3O3.ClH/c1-2-13(20)15(24)22-9-7-21(8-10-22)14(23)11-3-5-12(6-4-11)25-16(17,18)19;/h3-6,13H,2,7-10,20H2,1H3;1H/t13-;/m0./s1. The van der Waals surface area contributed by atoms with Crippen molar-refractivity contribution in [2.75, 3.05) is 26.2 Å². The zero-order chi connectivity index (χ0) is 18.6. The summed E-state index contributed by atoms with van der Waals surface area (Å²) in [6, 6.07) is 4.23. The molecular formula is C16H21ClF3N3O3. The van der Waals surface area contributed by atoms with E-state index in [1.54, 1.807) is 9.80 Å². The maximum atomic E-state index is 12.4. The molecule has 6 nitrogen and oxygen atoms in total. The van der Waals surface area contributed by atoms with Gasteiger partial charge in [0.15, 0.2) is 0 Å². The summed E-state index contributed by atoms with van der Waals surface area (Å²) in [5.41, 5.74) is 5.99. The molecule has 0 radical (unpaired) electrons. The number of nitrogens with zero attached hydrogens (tertiary/aromatic N) is 2. The van der Waals surface area contributed by atoms with Crippen LogP contribution in [0.1, 0.15) is 23.7 Å². The van der Waals surface area contributed by atoms with Gasteiger partial charge in [0.2, 0.25) is 5.91 Å². The van der Waals surface area contributed by atoms with E-state index in [4.69, 9.17) is 5.73 Å². The number of piperazine rings is 1. The summed E-state index contributed by atoms with van der Waals surface area (Å²) in [6.07, 6.45) is -4.22. The van der Waals surface area contributed by atoms with Gasteiger partial charge < -0.3 is 20.3 Å². The van der Waals surface area contributed by atoms with Crippen LogP contribution in [0.5, 0.6) is 5.75 Å². The number of hydrogen-bond donors (Lipinski definition) is 1. The molecule has 0 aromatic heterocycles. The van der Waals surface area contributed by atoms with E-state index < -0.39 is 12.4 Å². The van der Waals surface area contributed by atoms with Crippen LogP contribution < -0.4 is 10.5 Å². The molecule has 1 atom stereocenters. The molecule has 0 bridgehead atoms. The summed E-state index contributed by atoms with van der Waals surface area (Å²) in [4.78, 5) is 27.6. The first-order chi connectivity index (χ1) is 11.7. The number of benzene rings is 1. The Balaban J connectivity index is 0.00000338. The van der Waals surface area contributed by atoms with Crippen molar-refractivity contribution in [1.29, 1.82) is 0 Å². The second-order valence-electron chi connectivity index (χ2n) is 5.70. The number of carbonyl (C=O) groups excluding carboxylic acids is 2. The fourth-order valence-corrected chi connectivity index (χ4v) is 2.52. The molecule has 1 aromatic rings. The number of carbonyl (C=O) groups is 2. The summed E-state index contributed by atoms with van der Waals surface area (Å²) in [5.74, 6) is -0.818. The molecule has 1 aliphatic heterocycles. The number of ether oxygens (including phenoxy) is 1. The van der Waals surface area contributed by atoms with Crippen LogP contribution >= 0.6 is 12.4 Å². The number of amides is 2. The molecule has 1 heterocycles. The van der Waals surface area contributed by atoms with E-state index >= 15 is 0 Å². The molecule has 2 N–H and O–H groups in total. The van der Waals surface area contributed by atoms with Crippen LogP contribution in [0, 0.1) is 0 Å². The average Bonchev–Trinajstić information content (AvgIpc) is 2.59. The summed E-state index contributed by atoms with van der Waals surface area (Å²) in [6.45, 7) is 3.29. The number of hydrogen-bond acceptors (Lipinski definition) is 4. The first-order valence-corrected chi connectivity index (χ1v) is 7.90. The van der Waals surface area contributed by atoms with Gasteiger partial charge in [0.25, 0.3) is 5.91 Å². The van der Waals surface area contributed by atoms with Crippen molar-refractivity contribution in [3.8, 4) is 5.75 Å². The lowest BCUT2D eigenvalue weighted by molar-refractivity contribution is -0.274. The summed E-state index contributed by atoms with van der Waals surface area (Å²) < 4.78 is 40.2. The summed E-state index contributed by atoms with van der Waals surface area (Å²) >= 11 is 0. The molecule has 0 aliphatic carbocycles. The van der Waals surface area contributed by atoms with Crippen LogP contribution in [-0.2, 0) is 4.79 Å². The molecule has 26 heavy (non-hydrogen) atoms. The molecule has 1 aliphatic rings. The highest BCUT2D eigenvalue weighted by Crippen LogP contribution is 2.23. The maximum absolute atomic E-state index is 12.4. The Morgan fingerprint density at radius 2 is 1.62 bits per heavy atom. The average molecular weight is 396 g/mol. The topological polar surface area (TPSA) is 75.9 Å². The van der Waals surface area contributed by atoms with E-state index in [0.29, 0.717) is 32.6 Å². The lowest BCUT2D eigenvalue weighted by Gasteiger charge is -2.35. The van der Waals surface area contributed by atoms with Gasteiger partial charge in [-0.2, -0.15) is 0 Å². The van der Waals surface area contributed by atoms with Crippen molar-refractivity contribution < 1.29 is 27.5 Å². The first kappa shape index (κ1) is 22.0. The fourth-order valence-electron chi connectivity index (χ4n) is 2.52. The Morgan fingerprint density at radius 3 is 2.08 bits per heavy atom. The molecule has 2 amide bonds. The smallest absolute Gasteiger partial charge is 0.406 e. The minimum Gasteiger partial charge on any atom is -0.406 e. The zero-order valence-corrected chi connectivity index (χ0v) is 15.0. The minimum atomic E-state index is -4.77. The van der Waals surface area contributed by atoms with Gasteiger partial charge in [0, 0.05) is 31.7 Å². The van der Waals surface area contributed by atoms with Crippen molar-refractivity contribution in [1.82, 2.24) is 9.80 Å². The number of nitrogens with two attached hydrogens (primary N) is 1. The van der Waals surface area contributed by atoms with Gasteiger partial charge in [-0.1, -0.05) is 6.92 Å². The van der Waals surface area contributed by atoms with Crippen molar-refractivity contribution >= 4 is 24.2 Å². The van der Waals surface area contributed by atoms with Gasteiger partial charge in [-0.15, -0.1) is 25.6 Å². The lowest BCUT2D eigenvalue weighted by Crippen LogP contribution is -2.54. The second-order valence-corrected chi connectivity index (χ2v) is 5.70. The molecule has 146 valence electrons. The summed E-state index contributed by atoms with van der Waals surface area (Å²) in [5, 5.41) is 0. The predicted molar refractivity (Wildman–Crippen MR) is 91.1 cm³/mol. The molecule has 0 unspecified atom stereocenters. The second kappa shape index (κ2) is 9.09. The van der Waals surface area contributed by atoms with E-state index in [0.717, 1.165) is 12.1 Å². The number of halogens is 4.